The van der Waals surface area contributed by atoms with Crippen LogP contribution in [-0.2, 0) is 6.54 Å². The van der Waals surface area contributed by atoms with Gasteiger partial charge in [0.25, 0.3) is 0 Å². The molecule has 1 N–H and O–H groups in total. The number of aliphatic hydroxyl groups is 1. The number of thiazole rings is 1. The van der Waals surface area contributed by atoms with Crippen molar-refractivity contribution in [3.05, 3.63) is 44.9 Å². The molecule has 4 nitrogen and oxygen atoms in total. The summed E-state index contributed by atoms with van der Waals surface area (Å²) >= 11 is 1.65. The van der Waals surface area contributed by atoms with Crippen molar-refractivity contribution in [3.63, 3.8) is 0 Å². The Morgan fingerprint density at radius 3 is 2.57 bits per heavy atom. The summed E-state index contributed by atoms with van der Waals surface area (Å²) in [6, 6.07) is 4.15. The average molecular weight is 334 g/mol. The number of hydrogen-bond donors (Lipinski definition) is 1. The summed E-state index contributed by atoms with van der Waals surface area (Å²) in [7, 11) is 1.99. The van der Waals surface area contributed by atoms with Crippen molar-refractivity contribution in [1.82, 2.24) is 9.88 Å². The maximum absolute atomic E-state index is 10.2. The summed E-state index contributed by atoms with van der Waals surface area (Å²) in [5.41, 5.74) is 4.50. The topological polar surface area (TPSA) is 45.6 Å². The van der Waals surface area contributed by atoms with Gasteiger partial charge in [-0.3, -0.25) is 4.90 Å². The molecular formula is C18H26N2O2S. The van der Waals surface area contributed by atoms with E-state index in [1.165, 1.54) is 5.56 Å². The van der Waals surface area contributed by atoms with Gasteiger partial charge in [0.1, 0.15) is 18.5 Å². The van der Waals surface area contributed by atoms with E-state index in [4.69, 9.17) is 4.74 Å². The third-order valence-corrected chi connectivity index (χ3v) is 4.74. The van der Waals surface area contributed by atoms with Gasteiger partial charge in [-0.25, -0.2) is 4.98 Å². The SMILES string of the molecule is Cc1nc(CN(C)CC(O)COc2c(C)ccc(C)c2C)cs1. The first-order valence-electron chi connectivity index (χ1n) is 7.84. The van der Waals surface area contributed by atoms with Crippen molar-refractivity contribution < 1.29 is 9.84 Å². The number of rotatable bonds is 7. The van der Waals surface area contributed by atoms with E-state index in [1.54, 1.807) is 11.3 Å². The maximum Gasteiger partial charge on any atom is 0.125 e. The van der Waals surface area contributed by atoms with E-state index in [1.807, 2.05) is 20.9 Å². The van der Waals surface area contributed by atoms with Crippen molar-refractivity contribution in [2.75, 3.05) is 20.2 Å². The van der Waals surface area contributed by atoms with E-state index in [0.29, 0.717) is 13.2 Å². The lowest BCUT2D eigenvalue weighted by molar-refractivity contribution is 0.0736. The van der Waals surface area contributed by atoms with E-state index in [0.717, 1.165) is 34.1 Å². The predicted octanol–water partition coefficient (Wildman–Crippen LogP) is 3.25. The third kappa shape index (κ3) is 5.03. The highest BCUT2D eigenvalue weighted by Crippen LogP contribution is 2.25. The van der Waals surface area contributed by atoms with Crippen LogP contribution in [0.15, 0.2) is 17.5 Å². The summed E-state index contributed by atoms with van der Waals surface area (Å²) in [5.74, 6) is 0.891. The minimum Gasteiger partial charge on any atom is -0.490 e. The quantitative estimate of drug-likeness (QED) is 0.844. The molecule has 1 aromatic heterocycles. The molecule has 5 heteroatoms. The number of aromatic nitrogens is 1. The molecule has 0 saturated carbocycles. The Kier molecular flexibility index (Phi) is 6.16. The molecule has 1 atom stereocenters. The molecule has 2 rings (SSSR count). The van der Waals surface area contributed by atoms with E-state index < -0.39 is 6.10 Å². The van der Waals surface area contributed by atoms with Gasteiger partial charge in [-0.1, -0.05) is 12.1 Å². The standard InChI is InChI=1S/C18H26N2O2S/c1-12-6-7-13(2)18(14(12)3)22-10-17(21)9-20(5)8-16-11-23-15(4)19-16/h6-7,11,17,21H,8-10H2,1-5H3. The van der Waals surface area contributed by atoms with Crippen molar-refractivity contribution in [2.24, 2.45) is 0 Å². The van der Waals surface area contributed by atoms with Gasteiger partial charge >= 0.3 is 0 Å². The molecule has 2 aromatic rings. The first kappa shape index (κ1) is 17.9. The smallest absolute Gasteiger partial charge is 0.125 e. The van der Waals surface area contributed by atoms with Crippen molar-refractivity contribution in [2.45, 2.75) is 40.3 Å². The number of aliphatic hydroxyl groups excluding tert-OH is 1. The summed E-state index contributed by atoms with van der Waals surface area (Å²) in [4.78, 5) is 6.52. The number of nitrogens with zero attached hydrogens (tertiary/aromatic N) is 2. The Balaban J connectivity index is 1.85. The van der Waals surface area contributed by atoms with Gasteiger partial charge < -0.3 is 9.84 Å². The van der Waals surface area contributed by atoms with Crippen LogP contribution in [0.3, 0.4) is 0 Å². The van der Waals surface area contributed by atoms with Crippen LogP contribution in [0.4, 0.5) is 0 Å². The van der Waals surface area contributed by atoms with Crippen LogP contribution in [-0.4, -0.2) is 41.3 Å². The highest BCUT2D eigenvalue weighted by molar-refractivity contribution is 7.09. The molecule has 0 radical (unpaired) electrons. The van der Waals surface area contributed by atoms with Crippen LogP contribution in [0.5, 0.6) is 5.75 Å². The Morgan fingerprint density at radius 2 is 1.91 bits per heavy atom. The highest BCUT2D eigenvalue weighted by atomic mass is 32.1. The van der Waals surface area contributed by atoms with Gasteiger partial charge in [0.2, 0.25) is 0 Å². The van der Waals surface area contributed by atoms with Crippen LogP contribution in [0.1, 0.15) is 27.4 Å². The second-order valence-electron chi connectivity index (χ2n) is 6.17. The fourth-order valence-electron chi connectivity index (χ4n) is 2.56. The maximum atomic E-state index is 10.2. The first-order chi connectivity index (χ1) is 10.9. The van der Waals surface area contributed by atoms with Gasteiger partial charge in [0.05, 0.1) is 10.7 Å². The molecule has 23 heavy (non-hydrogen) atoms. The fourth-order valence-corrected chi connectivity index (χ4v) is 3.17. The lowest BCUT2D eigenvalue weighted by atomic mass is 10.1. The molecule has 1 heterocycles. The summed E-state index contributed by atoms with van der Waals surface area (Å²) < 4.78 is 5.88. The molecule has 0 bridgehead atoms. The fraction of sp³-hybridized carbons (Fsp3) is 0.500. The molecular weight excluding hydrogens is 308 g/mol. The second-order valence-corrected chi connectivity index (χ2v) is 7.24. The van der Waals surface area contributed by atoms with Crippen LogP contribution < -0.4 is 4.74 Å². The molecule has 126 valence electrons. The Bertz CT molecular complexity index is 654. The second kappa shape index (κ2) is 7.90. The monoisotopic (exact) mass is 334 g/mol. The van der Waals surface area contributed by atoms with Gasteiger partial charge in [-0.05, 0) is 51.4 Å². The van der Waals surface area contributed by atoms with Crippen LogP contribution in [0.2, 0.25) is 0 Å². The molecule has 0 spiro atoms. The van der Waals surface area contributed by atoms with E-state index in [9.17, 15) is 5.11 Å². The lowest BCUT2D eigenvalue weighted by Crippen LogP contribution is -2.33. The molecule has 1 unspecified atom stereocenters. The first-order valence-corrected chi connectivity index (χ1v) is 8.72. The van der Waals surface area contributed by atoms with Crippen LogP contribution in [0.25, 0.3) is 0 Å². The number of hydrogen-bond acceptors (Lipinski definition) is 5. The number of likely N-dealkylation sites (N-methyl/N-ethyl adjacent to an activating group) is 1. The number of aryl methyl sites for hydroxylation is 3. The van der Waals surface area contributed by atoms with Gasteiger partial charge in [-0.15, -0.1) is 11.3 Å². The third-order valence-electron chi connectivity index (χ3n) is 3.91. The lowest BCUT2D eigenvalue weighted by Gasteiger charge is -2.21. The number of benzene rings is 1. The van der Waals surface area contributed by atoms with Gasteiger partial charge in [0, 0.05) is 18.5 Å². The molecule has 0 amide bonds. The molecule has 0 saturated heterocycles. The molecule has 1 aromatic carbocycles. The summed E-state index contributed by atoms with van der Waals surface area (Å²) in [5, 5.41) is 13.4. The molecule has 0 aliphatic carbocycles. The average Bonchev–Trinajstić information content (AvgIpc) is 2.88. The Labute approximate surface area is 142 Å². The van der Waals surface area contributed by atoms with Crippen molar-refractivity contribution in [1.29, 1.82) is 0 Å². The molecule has 0 fully saturated rings. The highest BCUT2D eigenvalue weighted by Gasteiger charge is 2.13. The number of ether oxygens (including phenoxy) is 1. The normalized spacial score (nSPS) is 12.7. The van der Waals surface area contributed by atoms with Crippen LogP contribution in [0, 0.1) is 27.7 Å². The van der Waals surface area contributed by atoms with E-state index in [2.05, 4.69) is 41.2 Å². The predicted molar refractivity (Wildman–Crippen MR) is 95.3 cm³/mol. The van der Waals surface area contributed by atoms with Crippen molar-refractivity contribution >= 4 is 11.3 Å². The van der Waals surface area contributed by atoms with Crippen LogP contribution >= 0.6 is 11.3 Å². The van der Waals surface area contributed by atoms with Gasteiger partial charge in [0.15, 0.2) is 0 Å². The zero-order valence-corrected chi connectivity index (χ0v) is 15.4. The van der Waals surface area contributed by atoms with Crippen molar-refractivity contribution in [3.8, 4) is 5.75 Å². The summed E-state index contributed by atoms with van der Waals surface area (Å²) in [6.07, 6.45) is -0.529. The zero-order chi connectivity index (χ0) is 17.0. The Hall–Kier alpha value is -1.43. The largest absolute Gasteiger partial charge is 0.490 e. The Morgan fingerprint density at radius 1 is 1.22 bits per heavy atom. The molecule has 0 aliphatic rings. The van der Waals surface area contributed by atoms with E-state index in [-0.39, 0.29) is 0 Å². The minimum atomic E-state index is -0.529. The van der Waals surface area contributed by atoms with Gasteiger partial charge in [-0.2, -0.15) is 0 Å². The zero-order valence-electron chi connectivity index (χ0n) is 14.6. The van der Waals surface area contributed by atoms with E-state index >= 15 is 0 Å². The summed E-state index contributed by atoms with van der Waals surface area (Å²) in [6.45, 7) is 9.76. The minimum absolute atomic E-state index is 0.297. The molecule has 0 aliphatic heterocycles.